The molecule has 0 aliphatic carbocycles. The van der Waals surface area contributed by atoms with Crippen molar-refractivity contribution >= 4 is 35.3 Å². The van der Waals surface area contributed by atoms with Crippen molar-refractivity contribution in [2.75, 3.05) is 19.8 Å². The topological polar surface area (TPSA) is 139 Å². The molecule has 52 heavy (non-hydrogen) atoms. The van der Waals surface area contributed by atoms with Crippen molar-refractivity contribution in [2.45, 2.75) is 46.5 Å². The monoisotopic (exact) mass is 706 g/mol. The summed E-state index contributed by atoms with van der Waals surface area (Å²) in [5.41, 5.74) is 3.53. The molecule has 0 aromatic heterocycles. The Bertz CT molecular complexity index is 1850. The number of ether oxygens (including phenoxy) is 5. The highest BCUT2D eigenvalue weighted by Crippen LogP contribution is 2.27. The molecule has 270 valence electrons. The number of unbranched alkanes of at least 4 members (excludes halogenated alkanes) is 1. The Morgan fingerprint density at radius 1 is 0.712 bits per heavy atom. The second-order valence-corrected chi connectivity index (χ2v) is 11.8. The van der Waals surface area contributed by atoms with Gasteiger partial charge in [0, 0.05) is 12.5 Å². The smallest absolute Gasteiger partial charge is 0.343 e. The van der Waals surface area contributed by atoms with Crippen LogP contribution < -0.4 is 14.2 Å². The van der Waals surface area contributed by atoms with E-state index >= 15 is 0 Å². The number of hydrogen-bond acceptors (Lipinski definition) is 11. The van der Waals surface area contributed by atoms with Gasteiger partial charge >= 0.3 is 23.9 Å². The van der Waals surface area contributed by atoms with Gasteiger partial charge in [0.15, 0.2) is 0 Å². The zero-order chi connectivity index (χ0) is 37.3. The van der Waals surface area contributed by atoms with Crippen molar-refractivity contribution in [1.29, 1.82) is 0 Å². The van der Waals surface area contributed by atoms with Gasteiger partial charge in [-0.2, -0.15) is 10.2 Å². The number of nitrogens with zero attached hydrogens (tertiary/aromatic N) is 2. The zero-order valence-electron chi connectivity index (χ0n) is 29.5. The van der Waals surface area contributed by atoms with Crippen LogP contribution in [0.4, 0.5) is 11.4 Å². The molecule has 0 aliphatic rings. The van der Waals surface area contributed by atoms with Crippen LogP contribution in [0, 0.1) is 12.8 Å². The van der Waals surface area contributed by atoms with Crippen LogP contribution in [-0.2, 0) is 25.5 Å². The zero-order valence-corrected chi connectivity index (χ0v) is 29.5. The molecule has 11 nitrogen and oxygen atoms in total. The Hall–Kier alpha value is -6.10. The summed E-state index contributed by atoms with van der Waals surface area (Å²) >= 11 is 0. The maximum Gasteiger partial charge on any atom is 0.343 e. The van der Waals surface area contributed by atoms with Crippen LogP contribution in [0.1, 0.15) is 65.0 Å². The summed E-state index contributed by atoms with van der Waals surface area (Å²) in [7, 11) is 0. The van der Waals surface area contributed by atoms with Gasteiger partial charge in [-0.25, -0.2) is 14.4 Å². The minimum Gasteiger partial charge on any atom is -0.494 e. The number of esters is 4. The molecule has 0 saturated carbocycles. The van der Waals surface area contributed by atoms with E-state index in [0.717, 1.165) is 24.5 Å². The highest BCUT2D eigenvalue weighted by atomic mass is 16.5. The fraction of sp³-hybridized carbons (Fsp3) is 0.268. The minimum atomic E-state index is -0.572. The molecule has 0 radical (unpaired) electrons. The number of rotatable bonds is 18. The van der Waals surface area contributed by atoms with Gasteiger partial charge in [-0.15, -0.1) is 0 Å². The van der Waals surface area contributed by atoms with Gasteiger partial charge in [0.2, 0.25) is 0 Å². The predicted octanol–water partition coefficient (Wildman–Crippen LogP) is 8.87. The van der Waals surface area contributed by atoms with Gasteiger partial charge in [-0.05, 0) is 116 Å². The lowest BCUT2D eigenvalue weighted by atomic mass is 10.1. The Balaban J connectivity index is 1.20. The van der Waals surface area contributed by atoms with E-state index in [1.807, 2.05) is 38.1 Å². The molecule has 0 spiro atoms. The average Bonchev–Trinajstić information content (AvgIpc) is 3.16. The van der Waals surface area contributed by atoms with Crippen LogP contribution in [0.2, 0.25) is 0 Å². The molecule has 4 rings (SSSR count). The molecule has 0 bridgehead atoms. The van der Waals surface area contributed by atoms with Gasteiger partial charge in [0.1, 0.15) is 17.2 Å². The molecule has 0 amide bonds. The summed E-state index contributed by atoms with van der Waals surface area (Å²) in [6, 6.07) is 25.2. The summed E-state index contributed by atoms with van der Waals surface area (Å²) in [6.07, 6.45) is 3.88. The predicted molar refractivity (Wildman–Crippen MR) is 195 cm³/mol. The molecule has 4 aromatic carbocycles. The summed E-state index contributed by atoms with van der Waals surface area (Å²) in [4.78, 5) is 48.4. The SMILES string of the molecule is C=CC(=O)OCCc1ccc(/N=N/c2ccc(OC(=O)c3ccc(OC(=O)c4ccc(OCCCCOC(=O)C(C)CC)cc4)cc3)c(C)c2)cc1. The Morgan fingerprint density at radius 2 is 1.31 bits per heavy atom. The van der Waals surface area contributed by atoms with E-state index in [4.69, 9.17) is 23.7 Å². The number of carbonyl (C=O) groups is 4. The fourth-order valence-electron chi connectivity index (χ4n) is 4.53. The van der Waals surface area contributed by atoms with Crippen LogP contribution >= 0.6 is 0 Å². The molecule has 0 heterocycles. The van der Waals surface area contributed by atoms with Crippen LogP contribution in [0.25, 0.3) is 0 Å². The molecule has 0 fully saturated rings. The lowest BCUT2D eigenvalue weighted by Crippen LogP contribution is -2.15. The van der Waals surface area contributed by atoms with Crippen molar-refractivity contribution < 1.29 is 42.9 Å². The standard InChI is InChI=1S/C41H42N2O9/c1-5-28(3)39(45)50-25-8-7-24-48-35-18-11-31(12-19-35)40(46)51-36-20-13-32(14-21-36)41(47)52-37-22-17-34(27-29(37)4)43-42-33-15-9-30(10-16-33)23-26-49-38(44)6-2/h6,9-22,27-28H,2,5,7-8,23-26H2,1,3-4H3/b43-42+. The summed E-state index contributed by atoms with van der Waals surface area (Å²) in [5, 5.41) is 8.54. The highest BCUT2D eigenvalue weighted by molar-refractivity contribution is 5.93. The van der Waals surface area contributed by atoms with Gasteiger partial charge < -0.3 is 23.7 Å². The average molecular weight is 707 g/mol. The highest BCUT2D eigenvalue weighted by Gasteiger charge is 2.14. The third-order valence-electron chi connectivity index (χ3n) is 7.84. The number of aryl methyl sites for hydroxylation is 1. The van der Waals surface area contributed by atoms with E-state index in [2.05, 4.69) is 16.8 Å². The second kappa shape index (κ2) is 19.9. The first-order valence-electron chi connectivity index (χ1n) is 17.0. The lowest BCUT2D eigenvalue weighted by Gasteiger charge is -2.10. The molecular weight excluding hydrogens is 664 g/mol. The summed E-state index contributed by atoms with van der Waals surface area (Å²) in [5.74, 6) is -0.605. The van der Waals surface area contributed by atoms with E-state index in [-0.39, 0.29) is 29.8 Å². The third kappa shape index (κ3) is 12.3. The Morgan fingerprint density at radius 3 is 1.94 bits per heavy atom. The van der Waals surface area contributed by atoms with E-state index in [1.165, 1.54) is 24.3 Å². The van der Waals surface area contributed by atoms with E-state index in [0.29, 0.717) is 60.1 Å². The third-order valence-corrected chi connectivity index (χ3v) is 7.84. The minimum absolute atomic E-state index is 0.0928. The molecule has 1 atom stereocenters. The van der Waals surface area contributed by atoms with Crippen LogP contribution in [0.15, 0.2) is 114 Å². The van der Waals surface area contributed by atoms with E-state index < -0.39 is 17.9 Å². The normalized spacial score (nSPS) is 11.4. The van der Waals surface area contributed by atoms with Crippen molar-refractivity contribution in [3.8, 4) is 17.2 Å². The molecule has 0 saturated heterocycles. The quantitative estimate of drug-likeness (QED) is 0.0326. The Labute approximate surface area is 303 Å². The first kappa shape index (κ1) is 38.7. The van der Waals surface area contributed by atoms with Crippen molar-refractivity contribution in [2.24, 2.45) is 16.1 Å². The molecule has 1 unspecified atom stereocenters. The van der Waals surface area contributed by atoms with E-state index in [1.54, 1.807) is 49.4 Å². The largest absolute Gasteiger partial charge is 0.494 e. The van der Waals surface area contributed by atoms with Crippen LogP contribution in [0.5, 0.6) is 17.2 Å². The fourth-order valence-corrected chi connectivity index (χ4v) is 4.53. The molecular formula is C41H42N2O9. The number of azo groups is 1. The first-order chi connectivity index (χ1) is 25.1. The molecule has 0 aliphatic heterocycles. The molecule has 11 heteroatoms. The van der Waals surface area contributed by atoms with Gasteiger partial charge in [0.25, 0.3) is 0 Å². The number of hydrogen-bond donors (Lipinski definition) is 0. The van der Waals surface area contributed by atoms with E-state index in [9.17, 15) is 19.2 Å². The number of benzene rings is 4. The van der Waals surface area contributed by atoms with Gasteiger partial charge in [0.05, 0.1) is 48.2 Å². The molecule has 0 N–H and O–H groups in total. The van der Waals surface area contributed by atoms with Crippen LogP contribution in [-0.4, -0.2) is 43.7 Å². The lowest BCUT2D eigenvalue weighted by molar-refractivity contribution is -0.148. The Kier molecular flexibility index (Phi) is 14.8. The van der Waals surface area contributed by atoms with Crippen molar-refractivity contribution in [1.82, 2.24) is 0 Å². The summed E-state index contributed by atoms with van der Waals surface area (Å²) in [6.45, 7) is 10.0. The first-order valence-corrected chi connectivity index (χ1v) is 17.0. The number of carbonyl (C=O) groups excluding carboxylic acids is 4. The van der Waals surface area contributed by atoms with Gasteiger partial charge in [-0.1, -0.05) is 32.6 Å². The maximum absolute atomic E-state index is 12.8. The molecule has 4 aromatic rings. The van der Waals surface area contributed by atoms with Gasteiger partial charge in [-0.3, -0.25) is 4.79 Å². The van der Waals surface area contributed by atoms with Crippen molar-refractivity contribution in [3.05, 3.63) is 126 Å². The van der Waals surface area contributed by atoms with Crippen LogP contribution in [0.3, 0.4) is 0 Å². The summed E-state index contributed by atoms with van der Waals surface area (Å²) < 4.78 is 27.0. The van der Waals surface area contributed by atoms with Crippen molar-refractivity contribution in [3.63, 3.8) is 0 Å². The second-order valence-electron chi connectivity index (χ2n) is 11.8. The maximum atomic E-state index is 12.8.